The highest BCUT2D eigenvalue weighted by Crippen LogP contribution is 2.23. The van der Waals surface area contributed by atoms with Crippen LogP contribution >= 0.6 is 11.3 Å². The number of oxazole rings is 1. The lowest BCUT2D eigenvalue weighted by molar-refractivity contribution is -0.129. The Bertz CT molecular complexity index is 717. The summed E-state index contributed by atoms with van der Waals surface area (Å²) in [6.45, 7) is 3.74. The van der Waals surface area contributed by atoms with E-state index in [4.69, 9.17) is 4.42 Å². The fourth-order valence-corrected chi connectivity index (χ4v) is 3.46. The highest BCUT2D eigenvalue weighted by atomic mass is 32.1. The Morgan fingerprint density at radius 1 is 1.48 bits per heavy atom. The molecule has 3 rings (SSSR count). The third-order valence-corrected chi connectivity index (χ3v) is 5.08. The van der Waals surface area contributed by atoms with Gasteiger partial charge in [-0.05, 0) is 24.3 Å². The maximum absolute atomic E-state index is 11.4. The first kappa shape index (κ1) is 17.5. The number of amides is 1. The average molecular weight is 361 g/mol. The van der Waals surface area contributed by atoms with E-state index in [9.17, 15) is 4.79 Å². The molecule has 25 heavy (non-hydrogen) atoms. The van der Waals surface area contributed by atoms with E-state index in [2.05, 4.69) is 20.6 Å². The normalized spacial score (nSPS) is 16.1. The van der Waals surface area contributed by atoms with Gasteiger partial charge >= 0.3 is 0 Å². The van der Waals surface area contributed by atoms with Crippen molar-refractivity contribution in [3.63, 3.8) is 0 Å². The molecular formula is C17H23N5O2S. The Labute approximate surface area is 151 Å². The van der Waals surface area contributed by atoms with Crippen LogP contribution in [0.5, 0.6) is 0 Å². The standard InChI is InChI=1S/C17H23N5O2S/c1-12(23)22-7-5-13(6-8-22)21-17(18-2)19-10-14-11-24-16(20-14)15-4-3-9-25-15/h3-4,9,11,13H,5-8,10H2,1-2H3,(H2,18,19,21). The lowest BCUT2D eigenvalue weighted by atomic mass is 10.1. The predicted molar refractivity (Wildman–Crippen MR) is 98.4 cm³/mol. The minimum Gasteiger partial charge on any atom is -0.443 e. The van der Waals surface area contributed by atoms with Crippen molar-refractivity contribution in [3.05, 3.63) is 29.5 Å². The van der Waals surface area contributed by atoms with E-state index in [1.54, 1.807) is 31.6 Å². The van der Waals surface area contributed by atoms with Crippen LogP contribution in [-0.2, 0) is 11.3 Å². The molecule has 8 heteroatoms. The zero-order valence-corrected chi connectivity index (χ0v) is 15.3. The van der Waals surface area contributed by atoms with Gasteiger partial charge in [0.2, 0.25) is 11.8 Å². The first-order valence-electron chi connectivity index (χ1n) is 8.36. The van der Waals surface area contributed by atoms with Crippen molar-refractivity contribution in [2.24, 2.45) is 4.99 Å². The molecule has 1 aliphatic heterocycles. The molecule has 1 amide bonds. The number of rotatable bonds is 4. The molecular weight excluding hydrogens is 338 g/mol. The molecule has 0 aliphatic carbocycles. The van der Waals surface area contributed by atoms with Crippen LogP contribution in [-0.4, -0.2) is 47.9 Å². The summed E-state index contributed by atoms with van der Waals surface area (Å²) in [4.78, 5) is 23.0. The monoisotopic (exact) mass is 361 g/mol. The van der Waals surface area contributed by atoms with Crippen molar-refractivity contribution < 1.29 is 9.21 Å². The smallest absolute Gasteiger partial charge is 0.236 e. The Morgan fingerprint density at radius 2 is 2.28 bits per heavy atom. The van der Waals surface area contributed by atoms with Crippen LogP contribution in [0, 0.1) is 0 Å². The van der Waals surface area contributed by atoms with E-state index in [1.165, 1.54) is 0 Å². The van der Waals surface area contributed by atoms with Gasteiger partial charge < -0.3 is 20.0 Å². The maximum Gasteiger partial charge on any atom is 0.236 e. The lowest BCUT2D eigenvalue weighted by Crippen LogP contribution is -2.49. The van der Waals surface area contributed by atoms with Gasteiger partial charge in [-0.25, -0.2) is 4.98 Å². The number of likely N-dealkylation sites (tertiary alicyclic amines) is 1. The van der Waals surface area contributed by atoms with Crippen molar-refractivity contribution in [2.75, 3.05) is 20.1 Å². The van der Waals surface area contributed by atoms with Crippen LogP contribution in [0.15, 0.2) is 33.2 Å². The molecule has 2 aromatic heterocycles. The van der Waals surface area contributed by atoms with Crippen LogP contribution in [0.25, 0.3) is 10.8 Å². The zero-order chi connectivity index (χ0) is 17.6. The quantitative estimate of drug-likeness (QED) is 0.643. The summed E-state index contributed by atoms with van der Waals surface area (Å²) in [5.74, 6) is 1.53. The highest BCUT2D eigenvalue weighted by Gasteiger charge is 2.21. The first-order chi connectivity index (χ1) is 12.2. The van der Waals surface area contributed by atoms with Crippen molar-refractivity contribution in [3.8, 4) is 10.8 Å². The van der Waals surface area contributed by atoms with E-state index in [0.717, 1.165) is 42.5 Å². The van der Waals surface area contributed by atoms with Crippen molar-refractivity contribution in [2.45, 2.75) is 32.4 Å². The molecule has 1 aliphatic rings. The molecule has 0 aromatic carbocycles. The van der Waals surface area contributed by atoms with E-state index >= 15 is 0 Å². The third-order valence-electron chi connectivity index (χ3n) is 4.23. The fraction of sp³-hybridized carbons (Fsp3) is 0.471. The summed E-state index contributed by atoms with van der Waals surface area (Å²) in [5, 5.41) is 8.68. The third kappa shape index (κ3) is 4.60. The van der Waals surface area contributed by atoms with Crippen LogP contribution < -0.4 is 10.6 Å². The molecule has 3 heterocycles. The number of thiophene rings is 1. The van der Waals surface area contributed by atoms with E-state index < -0.39 is 0 Å². The number of nitrogens with one attached hydrogen (secondary N) is 2. The van der Waals surface area contributed by atoms with E-state index in [-0.39, 0.29) is 5.91 Å². The molecule has 2 N–H and O–H groups in total. The molecule has 0 bridgehead atoms. The van der Waals surface area contributed by atoms with Gasteiger partial charge in [0, 0.05) is 33.1 Å². The topological polar surface area (TPSA) is 82.8 Å². The summed E-state index contributed by atoms with van der Waals surface area (Å²) in [6, 6.07) is 4.29. The second-order valence-electron chi connectivity index (χ2n) is 5.97. The second kappa shape index (κ2) is 8.15. The minimum atomic E-state index is 0.147. The van der Waals surface area contributed by atoms with Gasteiger partial charge in [-0.1, -0.05) is 6.07 Å². The Morgan fingerprint density at radius 3 is 2.92 bits per heavy atom. The first-order valence-corrected chi connectivity index (χ1v) is 9.24. The maximum atomic E-state index is 11.4. The number of nitrogens with zero attached hydrogens (tertiary/aromatic N) is 3. The Hall–Kier alpha value is -2.35. The molecule has 0 radical (unpaired) electrons. The number of carbonyl (C=O) groups excluding carboxylic acids is 1. The molecule has 7 nitrogen and oxygen atoms in total. The zero-order valence-electron chi connectivity index (χ0n) is 14.5. The second-order valence-corrected chi connectivity index (χ2v) is 6.92. The number of aromatic nitrogens is 1. The van der Waals surface area contributed by atoms with Gasteiger partial charge in [-0.2, -0.15) is 0 Å². The molecule has 1 fully saturated rings. The van der Waals surface area contributed by atoms with E-state index in [0.29, 0.717) is 18.5 Å². The van der Waals surface area contributed by atoms with Gasteiger partial charge in [0.1, 0.15) is 6.26 Å². The highest BCUT2D eigenvalue weighted by molar-refractivity contribution is 7.13. The molecule has 0 saturated carbocycles. The van der Waals surface area contributed by atoms with Crippen LogP contribution in [0.2, 0.25) is 0 Å². The van der Waals surface area contributed by atoms with Gasteiger partial charge in [0.25, 0.3) is 0 Å². The summed E-state index contributed by atoms with van der Waals surface area (Å²) in [6.07, 6.45) is 3.51. The summed E-state index contributed by atoms with van der Waals surface area (Å²) in [5.41, 5.74) is 0.831. The number of aliphatic imine (C=N–C) groups is 1. The largest absolute Gasteiger partial charge is 0.443 e. The van der Waals surface area contributed by atoms with E-state index in [1.807, 2.05) is 22.4 Å². The summed E-state index contributed by atoms with van der Waals surface area (Å²) >= 11 is 1.60. The molecule has 1 saturated heterocycles. The lowest BCUT2D eigenvalue weighted by Gasteiger charge is -2.32. The number of hydrogen-bond donors (Lipinski definition) is 2. The van der Waals surface area contributed by atoms with Crippen LogP contribution in [0.3, 0.4) is 0 Å². The molecule has 0 spiro atoms. The predicted octanol–water partition coefficient (Wildman–Crippen LogP) is 2.08. The van der Waals surface area contributed by atoms with Crippen LogP contribution in [0.4, 0.5) is 0 Å². The fourth-order valence-electron chi connectivity index (χ4n) is 2.80. The van der Waals surface area contributed by atoms with Gasteiger partial charge in [-0.15, -0.1) is 11.3 Å². The molecule has 134 valence electrons. The van der Waals surface area contributed by atoms with Gasteiger partial charge in [0.05, 0.1) is 17.1 Å². The molecule has 0 unspecified atom stereocenters. The summed E-state index contributed by atoms with van der Waals surface area (Å²) < 4.78 is 5.52. The van der Waals surface area contributed by atoms with Gasteiger partial charge in [-0.3, -0.25) is 9.79 Å². The Balaban J connectivity index is 1.48. The molecule has 0 atom stereocenters. The number of hydrogen-bond acceptors (Lipinski definition) is 5. The Kier molecular flexibility index (Phi) is 5.70. The minimum absolute atomic E-state index is 0.147. The van der Waals surface area contributed by atoms with Crippen LogP contribution in [0.1, 0.15) is 25.5 Å². The number of carbonyl (C=O) groups is 1. The van der Waals surface area contributed by atoms with Crippen molar-refractivity contribution >= 4 is 23.2 Å². The van der Waals surface area contributed by atoms with Crippen molar-refractivity contribution in [1.82, 2.24) is 20.5 Å². The SMILES string of the molecule is CN=C(NCc1coc(-c2cccs2)n1)NC1CCN(C(C)=O)CC1. The van der Waals surface area contributed by atoms with Crippen molar-refractivity contribution in [1.29, 1.82) is 0 Å². The summed E-state index contributed by atoms with van der Waals surface area (Å²) in [7, 11) is 1.75. The average Bonchev–Trinajstić information content (AvgIpc) is 3.30. The number of piperidine rings is 1. The number of guanidine groups is 1. The molecule has 2 aromatic rings. The van der Waals surface area contributed by atoms with Gasteiger partial charge in [0.15, 0.2) is 5.96 Å².